The fraction of sp³-hybridized carbons (Fsp3) is 0.875. The van der Waals surface area contributed by atoms with E-state index in [1.807, 2.05) is 0 Å². The van der Waals surface area contributed by atoms with E-state index in [-0.39, 0.29) is 5.41 Å². The third-order valence-electron chi connectivity index (χ3n) is 5.45. The van der Waals surface area contributed by atoms with Crippen molar-refractivity contribution in [3.8, 4) is 0 Å². The third kappa shape index (κ3) is 2.38. The Morgan fingerprint density at radius 1 is 1.10 bits per heavy atom. The number of piperidine rings is 1. The summed E-state index contributed by atoms with van der Waals surface area (Å²) in [5.74, 6) is 1.72. The zero-order valence-electron chi connectivity index (χ0n) is 13.4. The highest BCUT2D eigenvalue weighted by molar-refractivity contribution is 7.15. The van der Waals surface area contributed by atoms with Gasteiger partial charge < -0.3 is 4.90 Å². The number of aromatic nitrogens is 2. The molecule has 3 saturated heterocycles. The third-order valence-corrected chi connectivity index (χ3v) is 6.86. The molecule has 3 atom stereocenters. The molecule has 0 amide bonds. The average Bonchev–Trinajstić information content (AvgIpc) is 3.11. The van der Waals surface area contributed by atoms with E-state index in [0.29, 0.717) is 0 Å². The molecule has 0 saturated carbocycles. The highest BCUT2D eigenvalue weighted by Crippen LogP contribution is 2.42. The molecule has 1 aromatic heterocycles. The van der Waals surface area contributed by atoms with E-state index in [9.17, 15) is 0 Å². The number of hydrogen-bond acceptors (Lipinski definition) is 5. The zero-order valence-corrected chi connectivity index (χ0v) is 14.2. The second-order valence-electron chi connectivity index (χ2n) is 8.03. The highest BCUT2D eigenvalue weighted by Gasteiger charge is 2.47. The predicted octanol–water partition coefficient (Wildman–Crippen LogP) is 2.76. The summed E-state index contributed by atoms with van der Waals surface area (Å²) >= 11 is 1.80. The molecule has 3 aliphatic heterocycles. The van der Waals surface area contributed by atoms with Crippen molar-refractivity contribution in [1.82, 2.24) is 15.1 Å². The van der Waals surface area contributed by atoms with E-state index in [0.717, 1.165) is 28.0 Å². The lowest BCUT2D eigenvalue weighted by Gasteiger charge is -2.33. The van der Waals surface area contributed by atoms with Gasteiger partial charge in [0, 0.05) is 31.1 Å². The maximum Gasteiger partial charge on any atom is 0.208 e. The first kappa shape index (κ1) is 13.9. The number of fused-ring (bicyclic) bond motifs is 3. The molecule has 0 N–H and O–H groups in total. The molecule has 4 nitrogen and oxygen atoms in total. The zero-order chi connectivity index (χ0) is 14.6. The quantitative estimate of drug-likeness (QED) is 0.798. The van der Waals surface area contributed by atoms with E-state index < -0.39 is 0 Å². The Bertz CT molecular complexity index is 521. The lowest BCUT2D eigenvalue weighted by molar-refractivity contribution is 0.173. The Morgan fingerprint density at radius 2 is 1.95 bits per heavy atom. The van der Waals surface area contributed by atoms with Gasteiger partial charge in [-0.1, -0.05) is 38.5 Å². The standard InChI is InChI=1S/C16H26N4S/c1-16(2,3)14-17-18-15(21-14)20-9-11-8-19-7-5-4-6-13(19)12(11)10-20/h11-13H,4-10H2,1-3H3/t11-,12-,13-/m0/s1. The molecule has 3 aliphatic rings. The SMILES string of the molecule is CC(C)(C)c1nnc(N2C[C@@H]3CN4CCCC[C@H]4[C@H]3C2)s1. The summed E-state index contributed by atoms with van der Waals surface area (Å²) in [5, 5.41) is 11.2. The van der Waals surface area contributed by atoms with Crippen LogP contribution in [0.2, 0.25) is 0 Å². The van der Waals surface area contributed by atoms with Crippen molar-refractivity contribution in [3.63, 3.8) is 0 Å². The van der Waals surface area contributed by atoms with Gasteiger partial charge in [-0.25, -0.2) is 0 Å². The molecule has 21 heavy (non-hydrogen) atoms. The van der Waals surface area contributed by atoms with Crippen LogP contribution in [0.3, 0.4) is 0 Å². The molecule has 4 heterocycles. The number of anilines is 1. The molecule has 4 rings (SSSR count). The number of hydrogen-bond donors (Lipinski definition) is 0. The van der Waals surface area contributed by atoms with Crippen molar-refractivity contribution in [2.24, 2.45) is 11.8 Å². The van der Waals surface area contributed by atoms with Gasteiger partial charge in [0.1, 0.15) is 5.01 Å². The topological polar surface area (TPSA) is 32.3 Å². The molecule has 5 heteroatoms. The van der Waals surface area contributed by atoms with Crippen LogP contribution in [0.25, 0.3) is 0 Å². The molecule has 0 bridgehead atoms. The molecule has 116 valence electrons. The van der Waals surface area contributed by atoms with Crippen molar-refractivity contribution in [2.75, 3.05) is 31.1 Å². The van der Waals surface area contributed by atoms with Gasteiger partial charge in [-0.2, -0.15) is 0 Å². The van der Waals surface area contributed by atoms with Crippen molar-refractivity contribution >= 4 is 16.5 Å². The molecular weight excluding hydrogens is 280 g/mol. The molecule has 0 aliphatic carbocycles. The summed E-state index contributed by atoms with van der Waals surface area (Å²) < 4.78 is 0. The lowest BCUT2D eigenvalue weighted by atomic mass is 9.90. The summed E-state index contributed by atoms with van der Waals surface area (Å²) in [6.45, 7) is 11.7. The minimum Gasteiger partial charge on any atom is -0.346 e. The van der Waals surface area contributed by atoms with Gasteiger partial charge in [0.25, 0.3) is 0 Å². The van der Waals surface area contributed by atoms with Gasteiger partial charge >= 0.3 is 0 Å². The van der Waals surface area contributed by atoms with Crippen molar-refractivity contribution in [2.45, 2.75) is 51.5 Å². The number of nitrogens with zero attached hydrogens (tertiary/aromatic N) is 4. The van der Waals surface area contributed by atoms with Gasteiger partial charge in [0.2, 0.25) is 5.13 Å². The molecule has 0 aromatic carbocycles. The van der Waals surface area contributed by atoms with Gasteiger partial charge in [-0.3, -0.25) is 4.90 Å². The largest absolute Gasteiger partial charge is 0.346 e. The van der Waals surface area contributed by atoms with Crippen molar-refractivity contribution in [3.05, 3.63) is 5.01 Å². The predicted molar refractivity (Wildman–Crippen MR) is 87.0 cm³/mol. The van der Waals surface area contributed by atoms with Crippen LogP contribution in [0, 0.1) is 11.8 Å². The first-order valence-electron chi connectivity index (χ1n) is 8.35. The Hall–Kier alpha value is -0.680. The van der Waals surface area contributed by atoms with Crippen LogP contribution >= 0.6 is 11.3 Å². The second kappa shape index (κ2) is 4.92. The first-order valence-corrected chi connectivity index (χ1v) is 9.17. The normalized spacial score (nSPS) is 33.3. The monoisotopic (exact) mass is 306 g/mol. The Labute approximate surface area is 131 Å². The molecule has 3 fully saturated rings. The van der Waals surface area contributed by atoms with Crippen LogP contribution in [0.5, 0.6) is 0 Å². The lowest BCUT2D eigenvalue weighted by Crippen LogP contribution is -2.39. The Kier molecular flexibility index (Phi) is 3.26. The van der Waals surface area contributed by atoms with Gasteiger partial charge in [0.15, 0.2) is 0 Å². The summed E-state index contributed by atoms with van der Waals surface area (Å²) in [6, 6.07) is 0.851. The fourth-order valence-corrected chi connectivity index (χ4v) is 5.28. The maximum atomic E-state index is 4.48. The van der Waals surface area contributed by atoms with E-state index in [2.05, 4.69) is 40.8 Å². The molecular formula is C16H26N4S. The fourth-order valence-electron chi connectivity index (χ4n) is 4.36. The van der Waals surface area contributed by atoms with Crippen LogP contribution in [-0.4, -0.2) is 47.3 Å². The smallest absolute Gasteiger partial charge is 0.208 e. The molecule has 1 aromatic rings. The molecule has 0 radical (unpaired) electrons. The summed E-state index contributed by atoms with van der Waals surface area (Å²) in [5.41, 5.74) is 0.117. The van der Waals surface area contributed by atoms with Crippen LogP contribution in [0.1, 0.15) is 45.0 Å². The van der Waals surface area contributed by atoms with Crippen LogP contribution in [0.15, 0.2) is 0 Å². The minimum absolute atomic E-state index is 0.117. The Morgan fingerprint density at radius 3 is 2.71 bits per heavy atom. The average molecular weight is 306 g/mol. The highest BCUT2D eigenvalue weighted by atomic mass is 32.1. The maximum absolute atomic E-state index is 4.48. The molecule has 0 spiro atoms. The summed E-state index contributed by atoms with van der Waals surface area (Å²) in [4.78, 5) is 5.27. The van der Waals surface area contributed by atoms with E-state index >= 15 is 0 Å². The van der Waals surface area contributed by atoms with Crippen LogP contribution < -0.4 is 4.90 Å². The number of rotatable bonds is 1. The van der Waals surface area contributed by atoms with Crippen LogP contribution in [-0.2, 0) is 5.41 Å². The van der Waals surface area contributed by atoms with Gasteiger partial charge in [-0.15, -0.1) is 10.2 Å². The van der Waals surface area contributed by atoms with E-state index in [1.54, 1.807) is 11.3 Å². The molecule has 0 unspecified atom stereocenters. The van der Waals surface area contributed by atoms with E-state index in [1.165, 1.54) is 45.4 Å². The van der Waals surface area contributed by atoms with E-state index in [4.69, 9.17) is 0 Å². The van der Waals surface area contributed by atoms with Crippen molar-refractivity contribution in [1.29, 1.82) is 0 Å². The second-order valence-corrected chi connectivity index (χ2v) is 8.98. The first-order chi connectivity index (χ1) is 10.0. The van der Waals surface area contributed by atoms with Crippen LogP contribution in [0.4, 0.5) is 5.13 Å². The minimum atomic E-state index is 0.117. The summed E-state index contributed by atoms with van der Waals surface area (Å²) in [6.07, 6.45) is 4.25. The van der Waals surface area contributed by atoms with Gasteiger partial charge in [0.05, 0.1) is 0 Å². The summed E-state index contributed by atoms with van der Waals surface area (Å²) in [7, 11) is 0. The Balaban J connectivity index is 1.49. The van der Waals surface area contributed by atoms with Crippen molar-refractivity contribution < 1.29 is 0 Å². The van der Waals surface area contributed by atoms with Gasteiger partial charge in [-0.05, 0) is 31.2 Å².